The highest BCUT2D eigenvalue weighted by atomic mass is 16.5. The van der Waals surface area contributed by atoms with Crippen LogP contribution in [0.2, 0.25) is 0 Å². The van der Waals surface area contributed by atoms with Crippen molar-refractivity contribution in [2.75, 3.05) is 11.9 Å². The van der Waals surface area contributed by atoms with Crippen LogP contribution in [-0.4, -0.2) is 18.6 Å². The normalized spacial score (nSPS) is 13.7. The Hall–Kier alpha value is -1.55. The van der Waals surface area contributed by atoms with Gasteiger partial charge in [-0.2, -0.15) is 0 Å². The predicted molar refractivity (Wildman–Crippen MR) is 78.4 cm³/mol. The second kappa shape index (κ2) is 7.14. The van der Waals surface area contributed by atoms with Crippen molar-refractivity contribution in [3.63, 3.8) is 0 Å². The molecule has 0 bridgehead atoms. The van der Waals surface area contributed by atoms with Crippen LogP contribution in [0.15, 0.2) is 18.2 Å². The van der Waals surface area contributed by atoms with E-state index in [0.29, 0.717) is 18.0 Å². The van der Waals surface area contributed by atoms with E-state index in [2.05, 4.69) is 5.32 Å². The molecule has 0 spiro atoms. The number of anilines is 1. The van der Waals surface area contributed by atoms with Crippen LogP contribution in [0, 0.1) is 12.8 Å². The molecule has 0 saturated heterocycles. The quantitative estimate of drug-likeness (QED) is 0.830. The molecule has 4 heteroatoms. The van der Waals surface area contributed by atoms with Gasteiger partial charge in [-0.15, -0.1) is 0 Å². The summed E-state index contributed by atoms with van der Waals surface area (Å²) >= 11 is 0. The van der Waals surface area contributed by atoms with E-state index in [1.807, 2.05) is 45.9 Å². The number of hydrogen-bond acceptors (Lipinski definition) is 3. The number of aryl methyl sites for hydroxylation is 1. The number of carbonyl (C=O) groups excluding carboxylic acids is 1. The highest BCUT2D eigenvalue weighted by molar-refractivity contribution is 5.96. The van der Waals surface area contributed by atoms with Gasteiger partial charge in [0.15, 0.2) is 0 Å². The van der Waals surface area contributed by atoms with E-state index in [4.69, 9.17) is 10.5 Å². The Kier molecular flexibility index (Phi) is 5.83. The lowest BCUT2D eigenvalue weighted by Crippen LogP contribution is -2.40. The topological polar surface area (TPSA) is 64.3 Å². The summed E-state index contributed by atoms with van der Waals surface area (Å²) in [6.45, 7) is 8.46. The number of nitrogens with two attached hydrogens (primary N) is 1. The summed E-state index contributed by atoms with van der Waals surface area (Å²) in [5.41, 5.74) is 7.69. The van der Waals surface area contributed by atoms with E-state index in [9.17, 15) is 4.79 Å². The van der Waals surface area contributed by atoms with Crippen molar-refractivity contribution < 1.29 is 9.53 Å². The zero-order valence-electron chi connectivity index (χ0n) is 12.2. The standard InChI is InChI=1S/C15H24N2O2/c1-5-11(4)14(16)15(18)17-12-8-7-10(3)9-13(12)19-6-2/h7-9,11,14H,5-6,16H2,1-4H3,(H,17,18)/t11?,14-/m0/s1. The van der Waals surface area contributed by atoms with Gasteiger partial charge in [0.25, 0.3) is 0 Å². The maximum absolute atomic E-state index is 12.1. The minimum absolute atomic E-state index is 0.154. The Balaban J connectivity index is 2.84. The number of nitrogens with one attached hydrogen (secondary N) is 1. The summed E-state index contributed by atoms with van der Waals surface area (Å²) in [7, 11) is 0. The third-order valence-electron chi connectivity index (χ3n) is 3.25. The van der Waals surface area contributed by atoms with Gasteiger partial charge in [0.1, 0.15) is 5.75 Å². The molecule has 1 aromatic carbocycles. The molecular formula is C15H24N2O2. The summed E-state index contributed by atoms with van der Waals surface area (Å²) < 4.78 is 5.53. The molecule has 0 radical (unpaired) electrons. The number of benzene rings is 1. The Morgan fingerprint density at radius 1 is 1.42 bits per heavy atom. The first-order valence-electron chi connectivity index (χ1n) is 6.79. The molecule has 2 atom stereocenters. The van der Waals surface area contributed by atoms with Crippen LogP contribution in [0.5, 0.6) is 5.75 Å². The Morgan fingerprint density at radius 3 is 2.68 bits per heavy atom. The first-order chi connectivity index (χ1) is 8.99. The smallest absolute Gasteiger partial charge is 0.241 e. The first kappa shape index (κ1) is 15.5. The van der Waals surface area contributed by atoms with Crippen molar-refractivity contribution in [2.24, 2.45) is 11.7 Å². The molecule has 106 valence electrons. The molecule has 3 N–H and O–H groups in total. The lowest BCUT2D eigenvalue weighted by atomic mass is 9.99. The minimum Gasteiger partial charge on any atom is -0.492 e. The lowest BCUT2D eigenvalue weighted by molar-refractivity contribution is -0.118. The first-order valence-corrected chi connectivity index (χ1v) is 6.79. The molecule has 1 rings (SSSR count). The van der Waals surface area contributed by atoms with Gasteiger partial charge >= 0.3 is 0 Å². The number of rotatable bonds is 6. The van der Waals surface area contributed by atoms with Gasteiger partial charge in [0, 0.05) is 0 Å². The fourth-order valence-electron chi connectivity index (χ4n) is 1.74. The fourth-order valence-corrected chi connectivity index (χ4v) is 1.74. The fraction of sp³-hybridized carbons (Fsp3) is 0.533. The molecule has 0 aliphatic heterocycles. The third-order valence-corrected chi connectivity index (χ3v) is 3.25. The zero-order chi connectivity index (χ0) is 14.4. The van der Waals surface area contributed by atoms with Gasteiger partial charge in [-0.1, -0.05) is 26.3 Å². The van der Waals surface area contributed by atoms with Crippen LogP contribution >= 0.6 is 0 Å². The molecule has 0 aliphatic rings. The Morgan fingerprint density at radius 2 is 2.11 bits per heavy atom. The average Bonchev–Trinajstić information content (AvgIpc) is 2.40. The van der Waals surface area contributed by atoms with Crippen LogP contribution in [0.25, 0.3) is 0 Å². The summed E-state index contributed by atoms with van der Waals surface area (Å²) in [6.07, 6.45) is 0.876. The molecule has 1 amide bonds. The summed E-state index contributed by atoms with van der Waals surface area (Å²) in [5, 5.41) is 2.85. The van der Waals surface area contributed by atoms with Gasteiger partial charge in [-0.3, -0.25) is 4.79 Å². The SMILES string of the molecule is CCOc1cc(C)ccc1NC(=O)[C@@H](N)C(C)CC. The highest BCUT2D eigenvalue weighted by Crippen LogP contribution is 2.26. The van der Waals surface area contributed by atoms with Crippen molar-refractivity contribution in [3.8, 4) is 5.75 Å². The molecule has 0 fully saturated rings. The Labute approximate surface area is 115 Å². The van der Waals surface area contributed by atoms with Gasteiger partial charge < -0.3 is 15.8 Å². The number of amides is 1. The van der Waals surface area contributed by atoms with E-state index in [0.717, 1.165) is 12.0 Å². The van der Waals surface area contributed by atoms with Gasteiger partial charge in [-0.25, -0.2) is 0 Å². The molecule has 0 aliphatic carbocycles. The zero-order valence-corrected chi connectivity index (χ0v) is 12.2. The van der Waals surface area contributed by atoms with Crippen molar-refractivity contribution >= 4 is 11.6 Å². The van der Waals surface area contributed by atoms with Gasteiger partial charge in [0.05, 0.1) is 18.3 Å². The second-order valence-electron chi connectivity index (χ2n) is 4.83. The molecule has 1 aromatic rings. The van der Waals surface area contributed by atoms with Crippen molar-refractivity contribution in [2.45, 2.75) is 40.2 Å². The maximum Gasteiger partial charge on any atom is 0.241 e. The number of ether oxygens (including phenoxy) is 1. The van der Waals surface area contributed by atoms with Crippen LogP contribution in [0.4, 0.5) is 5.69 Å². The molecule has 0 heterocycles. The van der Waals surface area contributed by atoms with Crippen molar-refractivity contribution in [1.82, 2.24) is 0 Å². The maximum atomic E-state index is 12.1. The molecular weight excluding hydrogens is 240 g/mol. The summed E-state index contributed by atoms with van der Waals surface area (Å²) in [4.78, 5) is 12.1. The second-order valence-corrected chi connectivity index (χ2v) is 4.83. The number of carbonyl (C=O) groups is 1. The average molecular weight is 264 g/mol. The summed E-state index contributed by atoms with van der Waals surface area (Å²) in [6, 6.07) is 5.20. The van der Waals surface area contributed by atoms with E-state index in [1.54, 1.807) is 0 Å². The predicted octanol–water partition coefficient (Wildman–Crippen LogP) is 2.71. The lowest BCUT2D eigenvalue weighted by Gasteiger charge is -2.19. The molecule has 1 unspecified atom stereocenters. The van der Waals surface area contributed by atoms with Crippen LogP contribution in [0.3, 0.4) is 0 Å². The van der Waals surface area contributed by atoms with Gasteiger partial charge in [0.2, 0.25) is 5.91 Å². The molecule has 0 saturated carbocycles. The monoisotopic (exact) mass is 264 g/mol. The van der Waals surface area contributed by atoms with Crippen LogP contribution in [0.1, 0.15) is 32.8 Å². The van der Waals surface area contributed by atoms with E-state index >= 15 is 0 Å². The Bertz CT molecular complexity index is 432. The van der Waals surface area contributed by atoms with E-state index in [1.165, 1.54) is 0 Å². The third kappa shape index (κ3) is 4.24. The minimum atomic E-state index is -0.499. The van der Waals surface area contributed by atoms with E-state index < -0.39 is 6.04 Å². The van der Waals surface area contributed by atoms with E-state index in [-0.39, 0.29) is 11.8 Å². The van der Waals surface area contributed by atoms with Gasteiger partial charge in [-0.05, 0) is 37.5 Å². The number of hydrogen-bond donors (Lipinski definition) is 2. The largest absolute Gasteiger partial charge is 0.492 e. The van der Waals surface area contributed by atoms with Crippen LogP contribution < -0.4 is 15.8 Å². The van der Waals surface area contributed by atoms with Crippen molar-refractivity contribution in [3.05, 3.63) is 23.8 Å². The van der Waals surface area contributed by atoms with Crippen molar-refractivity contribution in [1.29, 1.82) is 0 Å². The molecule has 4 nitrogen and oxygen atoms in total. The van der Waals surface area contributed by atoms with Crippen LogP contribution in [-0.2, 0) is 4.79 Å². The molecule has 0 aromatic heterocycles. The summed E-state index contributed by atoms with van der Waals surface area (Å²) in [5.74, 6) is 0.673. The highest BCUT2D eigenvalue weighted by Gasteiger charge is 2.20. The molecule has 19 heavy (non-hydrogen) atoms.